The molecule has 0 saturated heterocycles. The van der Waals surface area contributed by atoms with Gasteiger partial charge in [0.05, 0.1) is 6.21 Å². The number of amides is 1. The Morgan fingerprint density at radius 3 is 2.74 bits per heavy atom. The highest BCUT2D eigenvalue weighted by Gasteiger charge is 2.03. The molecular formula is C14H10ClFN2O. The topological polar surface area (TPSA) is 41.5 Å². The summed E-state index contributed by atoms with van der Waals surface area (Å²) in [6.45, 7) is 0. The van der Waals surface area contributed by atoms with Crippen molar-refractivity contribution in [2.24, 2.45) is 5.10 Å². The first-order valence-electron chi connectivity index (χ1n) is 5.50. The molecule has 0 fully saturated rings. The van der Waals surface area contributed by atoms with Crippen LogP contribution in [0.2, 0.25) is 5.02 Å². The molecule has 0 saturated carbocycles. The largest absolute Gasteiger partial charge is 0.271 e. The van der Waals surface area contributed by atoms with Gasteiger partial charge in [0.1, 0.15) is 5.82 Å². The van der Waals surface area contributed by atoms with Crippen LogP contribution >= 0.6 is 11.6 Å². The normalized spacial score (nSPS) is 10.6. The third-order valence-electron chi connectivity index (χ3n) is 2.32. The second-order valence-electron chi connectivity index (χ2n) is 3.76. The van der Waals surface area contributed by atoms with Gasteiger partial charge in [-0.2, -0.15) is 5.10 Å². The lowest BCUT2D eigenvalue weighted by Crippen LogP contribution is -2.17. The van der Waals surface area contributed by atoms with Crippen LogP contribution in [-0.2, 0) is 0 Å². The van der Waals surface area contributed by atoms with E-state index in [4.69, 9.17) is 11.6 Å². The van der Waals surface area contributed by atoms with Crippen LogP contribution < -0.4 is 5.43 Å². The lowest BCUT2D eigenvalue weighted by Gasteiger charge is -2.00. The summed E-state index contributed by atoms with van der Waals surface area (Å²) in [4.78, 5) is 11.7. The van der Waals surface area contributed by atoms with Gasteiger partial charge in [0.15, 0.2) is 0 Å². The van der Waals surface area contributed by atoms with Crippen LogP contribution in [0.25, 0.3) is 0 Å². The number of nitrogens with one attached hydrogen (secondary N) is 1. The van der Waals surface area contributed by atoms with Crippen molar-refractivity contribution in [3.8, 4) is 0 Å². The summed E-state index contributed by atoms with van der Waals surface area (Å²) >= 11 is 5.78. The lowest BCUT2D eigenvalue weighted by atomic mass is 10.2. The number of carbonyl (C=O) groups excluding carboxylic acids is 1. The Hall–Kier alpha value is -2.20. The smallest absolute Gasteiger partial charge is 0.267 e. The molecule has 0 spiro atoms. The molecule has 5 heteroatoms. The summed E-state index contributed by atoms with van der Waals surface area (Å²) in [5, 5.41) is 4.23. The minimum Gasteiger partial charge on any atom is -0.267 e. The van der Waals surface area contributed by atoms with Gasteiger partial charge >= 0.3 is 0 Å². The first-order chi connectivity index (χ1) is 9.15. The highest BCUT2D eigenvalue weighted by molar-refractivity contribution is 6.30. The molecule has 19 heavy (non-hydrogen) atoms. The Balaban J connectivity index is 2.01. The molecular weight excluding hydrogens is 267 g/mol. The van der Waals surface area contributed by atoms with Crippen LogP contribution in [0.3, 0.4) is 0 Å². The Labute approximate surface area is 114 Å². The van der Waals surface area contributed by atoms with E-state index >= 15 is 0 Å². The van der Waals surface area contributed by atoms with E-state index in [1.54, 1.807) is 30.3 Å². The van der Waals surface area contributed by atoms with Crippen molar-refractivity contribution in [1.29, 1.82) is 0 Å². The molecule has 2 aromatic carbocycles. The molecule has 0 radical (unpaired) electrons. The quantitative estimate of drug-likeness (QED) is 0.679. The zero-order chi connectivity index (χ0) is 13.7. The molecule has 0 aromatic heterocycles. The third-order valence-corrected chi connectivity index (χ3v) is 2.55. The maximum absolute atomic E-state index is 12.9. The summed E-state index contributed by atoms with van der Waals surface area (Å²) in [7, 11) is 0. The zero-order valence-corrected chi connectivity index (χ0v) is 10.6. The van der Waals surface area contributed by atoms with E-state index in [1.807, 2.05) is 0 Å². The van der Waals surface area contributed by atoms with E-state index in [1.165, 1.54) is 24.4 Å². The van der Waals surface area contributed by atoms with Crippen LogP contribution in [-0.4, -0.2) is 12.1 Å². The fraction of sp³-hybridized carbons (Fsp3) is 0. The fourth-order valence-corrected chi connectivity index (χ4v) is 1.64. The minimum atomic E-state index is -0.379. The average molecular weight is 277 g/mol. The number of nitrogens with zero attached hydrogens (tertiary/aromatic N) is 1. The number of halogens is 2. The average Bonchev–Trinajstić information content (AvgIpc) is 2.38. The zero-order valence-electron chi connectivity index (χ0n) is 9.81. The summed E-state index contributed by atoms with van der Waals surface area (Å²) in [5.74, 6) is -0.736. The van der Waals surface area contributed by atoms with Crippen LogP contribution in [0.5, 0.6) is 0 Å². The predicted octanol–water partition coefficient (Wildman–Crippen LogP) is 3.24. The lowest BCUT2D eigenvalue weighted by molar-refractivity contribution is 0.0955. The first kappa shape index (κ1) is 13.2. The van der Waals surface area contributed by atoms with Crippen molar-refractivity contribution in [3.63, 3.8) is 0 Å². The van der Waals surface area contributed by atoms with E-state index in [2.05, 4.69) is 10.5 Å². The summed E-state index contributed by atoms with van der Waals surface area (Å²) in [6.07, 6.45) is 1.37. The molecule has 3 nitrogen and oxygen atoms in total. The monoisotopic (exact) mass is 276 g/mol. The molecule has 0 unspecified atom stereocenters. The highest BCUT2D eigenvalue weighted by Crippen LogP contribution is 2.10. The summed E-state index contributed by atoms with van der Waals surface area (Å²) in [5.41, 5.74) is 3.31. The second-order valence-corrected chi connectivity index (χ2v) is 4.20. The molecule has 0 heterocycles. The summed E-state index contributed by atoms with van der Waals surface area (Å²) in [6, 6.07) is 12.4. The molecule has 2 rings (SSSR count). The van der Waals surface area contributed by atoms with Crippen molar-refractivity contribution in [3.05, 3.63) is 70.5 Å². The number of carbonyl (C=O) groups is 1. The van der Waals surface area contributed by atoms with Gasteiger partial charge in [0.2, 0.25) is 0 Å². The Bertz CT molecular complexity index is 628. The molecule has 0 aliphatic rings. The van der Waals surface area contributed by atoms with Crippen LogP contribution in [0.15, 0.2) is 53.6 Å². The van der Waals surface area contributed by atoms with Gasteiger partial charge in [-0.05, 0) is 35.9 Å². The molecule has 96 valence electrons. The molecule has 0 aliphatic carbocycles. The van der Waals surface area contributed by atoms with Gasteiger partial charge in [0.25, 0.3) is 5.91 Å². The van der Waals surface area contributed by atoms with Crippen LogP contribution in [0.4, 0.5) is 4.39 Å². The SMILES string of the molecule is O=C(N/N=C\c1cccc(F)c1)c1cccc(Cl)c1. The van der Waals surface area contributed by atoms with Crippen molar-refractivity contribution in [2.75, 3.05) is 0 Å². The number of hydrogen-bond acceptors (Lipinski definition) is 2. The minimum absolute atomic E-state index is 0.356. The number of rotatable bonds is 3. The van der Waals surface area contributed by atoms with Crippen molar-refractivity contribution in [2.45, 2.75) is 0 Å². The maximum Gasteiger partial charge on any atom is 0.271 e. The number of benzene rings is 2. The first-order valence-corrected chi connectivity index (χ1v) is 5.87. The number of hydrogen-bond donors (Lipinski definition) is 1. The Morgan fingerprint density at radius 1 is 1.21 bits per heavy atom. The molecule has 0 bridgehead atoms. The number of hydrazone groups is 1. The molecule has 1 amide bonds. The Morgan fingerprint density at radius 2 is 2.00 bits per heavy atom. The maximum atomic E-state index is 12.9. The van der Waals surface area contributed by atoms with Gasteiger partial charge in [-0.1, -0.05) is 29.8 Å². The van der Waals surface area contributed by atoms with E-state index < -0.39 is 0 Å². The van der Waals surface area contributed by atoms with Gasteiger partial charge < -0.3 is 0 Å². The van der Waals surface area contributed by atoms with Crippen LogP contribution in [0, 0.1) is 5.82 Å². The van der Waals surface area contributed by atoms with Crippen molar-refractivity contribution >= 4 is 23.7 Å². The molecule has 0 aliphatic heterocycles. The third kappa shape index (κ3) is 3.89. The molecule has 1 N–H and O–H groups in total. The van der Waals surface area contributed by atoms with Crippen molar-refractivity contribution < 1.29 is 9.18 Å². The van der Waals surface area contributed by atoms with E-state index in [-0.39, 0.29) is 11.7 Å². The van der Waals surface area contributed by atoms with E-state index in [9.17, 15) is 9.18 Å². The Kier molecular flexibility index (Phi) is 4.26. The molecule has 0 atom stereocenters. The van der Waals surface area contributed by atoms with E-state index in [0.717, 1.165) is 0 Å². The predicted molar refractivity (Wildman–Crippen MR) is 72.9 cm³/mol. The standard InChI is InChI=1S/C14H10ClFN2O/c15-12-5-2-4-11(8-12)14(19)18-17-9-10-3-1-6-13(16)7-10/h1-9H,(H,18,19)/b17-9-. The van der Waals surface area contributed by atoms with Gasteiger partial charge in [-0.25, -0.2) is 9.82 Å². The second kappa shape index (κ2) is 6.11. The van der Waals surface area contributed by atoms with Gasteiger partial charge in [-0.15, -0.1) is 0 Å². The summed E-state index contributed by atoms with van der Waals surface area (Å²) < 4.78 is 12.9. The van der Waals surface area contributed by atoms with Crippen molar-refractivity contribution in [1.82, 2.24) is 5.43 Å². The fourth-order valence-electron chi connectivity index (χ4n) is 1.45. The van der Waals surface area contributed by atoms with Gasteiger partial charge in [0, 0.05) is 10.6 Å². The highest BCUT2D eigenvalue weighted by atomic mass is 35.5. The molecule has 2 aromatic rings. The van der Waals surface area contributed by atoms with Gasteiger partial charge in [-0.3, -0.25) is 4.79 Å². The van der Waals surface area contributed by atoms with Crippen LogP contribution in [0.1, 0.15) is 15.9 Å². The van der Waals surface area contributed by atoms with E-state index in [0.29, 0.717) is 16.1 Å².